The molecule has 0 aromatic carbocycles. The summed E-state index contributed by atoms with van der Waals surface area (Å²) in [5.74, 6) is 4.42. The number of ketones is 1. The van der Waals surface area contributed by atoms with Crippen LogP contribution in [0.15, 0.2) is 0 Å². The van der Waals surface area contributed by atoms with Crippen LogP contribution < -0.4 is 0 Å². The van der Waals surface area contributed by atoms with Crippen LogP contribution in [-0.2, 0) is 9.59 Å². The van der Waals surface area contributed by atoms with E-state index < -0.39 is 0 Å². The molecule has 5 heteroatoms. The molecule has 2 fully saturated rings. The van der Waals surface area contributed by atoms with E-state index >= 15 is 0 Å². The molecule has 0 spiro atoms. The van der Waals surface area contributed by atoms with Gasteiger partial charge in [0.1, 0.15) is 24.2 Å². The molecular formula is C14H23N2O2S+. The highest BCUT2D eigenvalue weighted by Crippen LogP contribution is 2.55. The predicted octanol–water partition coefficient (Wildman–Crippen LogP) is 1.10. The fraction of sp³-hybridized carbons (Fsp3) is 0.714. The first kappa shape index (κ1) is 14.4. The Kier molecular flexibility index (Phi) is 3.24. The summed E-state index contributed by atoms with van der Waals surface area (Å²) >= 11 is 0. The van der Waals surface area contributed by atoms with Gasteiger partial charge in [-0.1, -0.05) is 5.87 Å². The predicted molar refractivity (Wildman–Crippen MR) is 80.2 cm³/mol. The van der Waals surface area contributed by atoms with Gasteiger partial charge in [-0.15, -0.1) is 0 Å². The summed E-state index contributed by atoms with van der Waals surface area (Å²) in [5.41, 5.74) is 1.11. The number of hydrogen-bond donors (Lipinski definition) is 0. The largest absolute Gasteiger partial charge is 0.307 e. The number of nitrogens with zero attached hydrogens (tertiary/aromatic N) is 2. The van der Waals surface area contributed by atoms with Crippen LogP contribution in [0.25, 0.3) is 0 Å². The monoisotopic (exact) mass is 283 g/mol. The summed E-state index contributed by atoms with van der Waals surface area (Å²) in [4.78, 5) is 26.1. The van der Waals surface area contributed by atoms with Crippen molar-refractivity contribution in [3.63, 3.8) is 0 Å². The number of β-lactam (4-membered cyclic amide) rings is 1. The maximum Gasteiger partial charge on any atom is 0.296 e. The molecule has 4 nitrogen and oxygen atoms in total. The molecule has 0 aromatic rings. The smallest absolute Gasteiger partial charge is 0.296 e. The van der Waals surface area contributed by atoms with Crippen molar-refractivity contribution in [3.8, 4) is 0 Å². The Labute approximate surface area is 117 Å². The zero-order valence-electron chi connectivity index (χ0n) is 12.6. The average Bonchev–Trinajstić information content (AvgIpc) is 2.46. The average molecular weight is 283 g/mol. The van der Waals surface area contributed by atoms with Crippen LogP contribution in [0.2, 0.25) is 0 Å². The van der Waals surface area contributed by atoms with E-state index in [4.69, 9.17) is 0 Å². The van der Waals surface area contributed by atoms with E-state index in [0.717, 1.165) is 5.71 Å². The fourth-order valence-corrected chi connectivity index (χ4v) is 5.45. The molecule has 1 amide bonds. The Bertz CT molecular complexity index is 518. The van der Waals surface area contributed by atoms with Crippen LogP contribution in [0.1, 0.15) is 34.6 Å². The van der Waals surface area contributed by atoms with Gasteiger partial charge >= 0.3 is 0 Å². The van der Waals surface area contributed by atoms with Crippen molar-refractivity contribution in [1.29, 1.82) is 0 Å². The number of carbonyl (C=O) groups excluding carboxylic acids is 2. The molecule has 0 aromatic heterocycles. The highest BCUT2D eigenvalue weighted by atomic mass is 32.2. The van der Waals surface area contributed by atoms with E-state index in [0.29, 0.717) is 0 Å². The summed E-state index contributed by atoms with van der Waals surface area (Å²) in [6.07, 6.45) is 0. The van der Waals surface area contributed by atoms with Crippen LogP contribution in [0.3, 0.4) is 0 Å². The van der Waals surface area contributed by atoms with Crippen molar-refractivity contribution >= 4 is 33.8 Å². The summed E-state index contributed by atoms with van der Waals surface area (Å²) in [6, 6.07) is -0.456. The molecule has 0 radical (unpaired) electrons. The third kappa shape index (κ3) is 1.74. The number of fused-ring (bicyclic) bond motifs is 1. The molecule has 0 N–H and O–H groups in total. The van der Waals surface area contributed by atoms with E-state index in [9.17, 15) is 9.59 Å². The van der Waals surface area contributed by atoms with Crippen LogP contribution in [0, 0.1) is 0 Å². The Morgan fingerprint density at radius 3 is 2.32 bits per heavy atom. The van der Waals surface area contributed by atoms with Gasteiger partial charge < -0.3 is 4.90 Å². The molecule has 0 saturated carbocycles. The molecule has 2 aliphatic rings. The maximum absolute atomic E-state index is 12.4. The molecule has 4 atom stereocenters. The Morgan fingerprint density at radius 2 is 1.89 bits per heavy atom. The molecule has 2 saturated heterocycles. The summed E-state index contributed by atoms with van der Waals surface area (Å²) in [6.45, 7) is 9.69. The minimum absolute atomic E-state index is 0.0697. The van der Waals surface area contributed by atoms with Gasteiger partial charge in [0.15, 0.2) is 5.78 Å². The van der Waals surface area contributed by atoms with E-state index in [-0.39, 0.29) is 44.4 Å². The zero-order valence-corrected chi connectivity index (χ0v) is 13.4. The molecule has 106 valence electrons. The first-order chi connectivity index (χ1) is 8.62. The molecule has 0 bridgehead atoms. The first-order valence-electron chi connectivity index (χ1n) is 6.51. The number of carbonyl (C=O) groups is 2. The fourth-order valence-electron chi connectivity index (χ4n) is 3.15. The van der Waals surface area contributed by atoms with Crippen molar-refractivity contribution in [2.75, 3.05) is 7.05 Å². The second kappa shape index (κ2) is 4.27. The van der Waals surface area contributed by atoms with Gasteiger partial charge in [0.05, 0.1) is 0 Å². The molecule has 0 aliphatic carbocycles. The number of hydrogen-bond acceptors (Lipinski definition) is 2. The maximum atomic E-state index is 12.4. The molecule has 19 heavy (non-hydrogen) atoms. The molecule has 2 heterocycles. The van der Waals surface area contributed by atoms with Gasteiger partial charge in [0.25, 0.3) is 11.9 Å². The summed E-state index contributed by atoms with van der Waals surface area (Å²) in [5, 5.41) is 0.0799. The van der Waals surface area contributed by atoms with Gasteiger partial charge in [0, 0.05) is 18.6 Å². The van der Waals surface area contributed by atoms with Crippen LogP contribution in [0.4, 0.5) is 0 Å². The number of likely N-dealkylation sites (N-methyl/N-ethyl adjacent to an activating group) is 1. The van der Waals surface area contributed by atoms with Crippen molar-refractivity contribution in [2.45, 2.75) is 56.8 Å². The van der Waals surface area contributed by atoms with Gasteiger partial charge in [-0.05, 0) is 20.8 Å². The number of rotatable bonds is 2. The normalized spacial score (nSPS) is 35.7. The van der Waals surface area contributed by atoms with Crippen LogP contribution in [0.5, 0.6) is 0 Å². The minimum atomic E-state index is -0.312. The Balaban J connectivity index is 2.46. The van der Waals surface area contributed by atoms with Crippen LogP contribution >= 0.6 is 10.5 Å². The second-order valence-electron chi connectivity index (χ2n) is 6.18. The van der Waals surface area contributed by atoms with E-state index in [1.54, 1.807) is 11.8 Å². The van der Waals surface area contributed by atoms with Crippen molar-refractivity contribution in [1.82, 2.24) is 4.90 Å². The lowest BCUT2D eigenvalue weighted by Gasteiger charge is -2.41. The van der Waals surface area contributed by atoms with Gasteiger partial charge in [0.2, 0.25) is 0 Å². The van der Waals surface area contributed by atoms with E-state index in [2.05, 4.69) is 19.7 Å². The summed E-state index contributed by atoms with van der Waals surface area (Å²) < 4.78 is 1.79. The molecule has 2 aliphatic heterocycles. The minimum Gasteiger partial charge on any atom is -0.307 e. The SMILES string of the molecule is C=S1C2C([N+](C)=C(C)C)C(=O)N2C(C(C)=O)C1(C)C. The Hall–Kier alpha value is -0.970. The van der Waals surface area contributed by atoms with Crippen molar-refractivity contribution in [3.05, 3.63) is 0 Å². The van der Waals surface area contributed by atoms with Crippen molar-refractivity contribution in [2.24, 2.45) is 0 Å². The number of amides is 1. The lowest BCUT2D eigenvalue weighted by atomic mass is 9.93. The lowest BCUT2D eigenvalue weighted by molar-refractivity contribution is -0.538. The first-order valence-corrected chi connectivity index (χ1v) is 7.96. The Morgan fingerprint density at radius 1 is 1.37 bits per heavy atom. The van der Waals surface area contributed by atoms with E-state index in [1.807, 2.05) is 25.5 Å². The molecule has 2 rings (SSSR count). The van der Waals surface area contributed by atoms with Gasteiger partial charge in [-0.2, -0.15) is 10.5 Å². The highest BCUT2D eigenvalue weighted by Gasteiger charge is 2.67. The van der Waals surface area contributed by atoms with E-state index in [1.165, 1.54) is 0 Å². The van der Waals surface area contributed by atoms with Gasteiger partial charge in [-0.25, -0.2) is 4.58 Å². The lowest BCUT2D eigenvalue weighted by Crippen LogP contribution is -2.68. The topological polar surface area (TPSA) is 40.4 Å². The number of Topliss-reactive ketones (excluding diaryl/α,β-unsaturated/α-hetero) is 1. The summed E-state index contributed by atoms with van der Waals surface area (Å²) in [7, 11) is 1.71. The molecule has 4 unspecified atom stereocenters. The third-order valence-corrected chi connectivity index (χ3v) is 7.11. The van der Waals surface area contributed by atoms with Crippen LogP contribution in [-0.4, -0.2) is 62.0 Å². The third-order valence-electron chi connectivity index (χ3n) is 4.46. The standard InChI is InChI=1S/C14H23N2O2S/c1-8(2)15(6)10-12(18)16-11(9(3)17)14(4,5)19(7)13(10)16/h10-11,13H,7H2,1-6H3/q+1. The van der Waals surface area contributed by atoms with Gasteiger partial charge in [-0.3, -0.25) is 9.59 Å². The van der Waals surface area contributed by atoms with Crippen molar-refractivity contribution < 1.29 is 14.2 Å². The second-order valence-corrected chi connectivity index (χ2v) is 8.58. The highest BCUT2D eigenvalue weighted by molar-refractivity contribution is 8.16. The zero-order chi connectivity index (χ0) is 14.7. The quantitative estimate of drug-likeness (QED) is 0.329. The molecular weight excluding hydrogens is 260 g/mol.